The van der Waals surface area contributed by atoms with Gasteiger partial charge in [-0.3, -0.25) is 4.79 Å². The van der Waals surface area contributed by atoms with Gasteiger partial charge >= 0.3 is 0 Å². The first-order valence-corrected chi connectivity index (χ1v) is 11.8. The van der Waals surface area contributed by atoms with Crippen LogP contribution in [0.25, 0.3) is 11.5 Å². The highest BCUT2D eigenvalue weighted by atomic mass is 32.2. The molecule has 3 rings (SSSR count). The zero-order valence-electron chi connectivity index (χ0n) is 18.4. The van der Waals surface area contributed by atoms with E-state index in [1.54, 1.807) is 12.0 Å². The summed E-state index contributed by atoms with van der Waals surface area (Å²) in [4.78, 5) is 18.6. The highest BCUT2D eigenvalue weighted by molar-refractivity contribution is 7.89. The lowest BCUT2D eigenvalue weighted by molar-refractivity contribution is 0.0773. The molecule has 0 spiro atoms. The third-order valence-corrected chi connectivity index (χ3v) is 6.50. The van der Waals surface area contributed by atoms with Gasteiger partial charge in [0.1, 0.15) is 12.0 Å². The van der Waals surface area contributed by atoms with Gasteiger partial charge in [-0.25, -0.2) is 18.1 Å². The van der Waals surface area contributed by atoms with E-state index in [0.29, 0.717) is 36.7 Å². The number of sulfonamides is 1. The third-order valence-electron chi connectivity index (χ3n) is 5.02. The molecule has 32 heavy (non-hydrogen) atoms. The van der Waals surface area contributed by atoms with Crippen LogP contribution < -0.4 is 9.46 Å². The van der Waals surface area contributed by atoms with Crippen LogP contribution in [0.5, 0.6) is 5.75 Å². The molecular formula is C23H27N3O5S. The molecule has 0 saturated heterocycles. The number of ether oxygens (including phenoxy) is 1. The molecule has 9 heteroatoms. The summed E-state index contributed by atoms with van der Waals surface area (Å²) in [7, 11) is -2.11. The standard InChI is InChI=1S/C23H27N3O5S/c1-4-26(5-2)23(27)18-8-12-21(13-9-18)32(28,29)24-15-14-19-16-31-22(25-19)17-6-10-20(30-3)11-7-17/h6-13,16,24H,4-5,14-15H2,1-3H3. The van der Waals surface area contributed by atoms with Gasteiger partial charge in [-0.2, -0.15) is 0 Å². The molecule has 0 aliphatic carbocycles. The predicted octanol–water partition coefficient (Wildman–Crippen LogP) is 3.35. The van der Waals surface area contributed by atoms with Crippen molar-refractivity contribution in [2.24, 2.45) is 0 Å². The Balaban J connectivity index is 1.58. The summed E-state index contributed by atoms with van der Waals surface area (Å²) in [6, 6.07) is 13.3. The Kier molecular flexibility index (Phi) is 7.66. The fourth-order valence-electron chi connectivity index (χ4n) is 3.15. The number of aromatic nitrogens is 1. The summed E-state index contributed by atoms with van der Waals surface area (Å²) in [5, 5.41) is 0. The van der Waals surface area contributed by atoms with Crippen molar-refractivity contribution < 1.29 is 22.4 Å². The van der Waals surface area contributed by atoms with Crippen LogP contribution in [0.15, 0.2) is 64.1 Å². The molecule has 1 heterocycles. The zero-order chi connectivity index (χ0) is 23.1. The predicted molar refractivity (Wildman–Crippen MR) is 121 cm³/mol. The van der Waals surface area contributed by atoms with Crippen molar-refractivity contribution in [3.05, 3.63) is 66.1 Å². The molecule has 0 fully saturated rings. The molecule has 1 amide bonds. The Hall–Kier alpha value is -3.17. The van der Waals surface area contributed by atoms with Crippen LogP contribution in [0.2, 0.25) is 0 Å². The summed E-state index contributed by atoms with van der Waals surface area (Å²) >= 11 is 0. The largest absolute Gasteiger partial charge is 0.497 e. The number of hydrogen-bond acceptors (Lipinski definition) is 6. The molecule has 3 aromatic rings. The van der Waals surface area contributed by atoms with Gasteiger partial charge in [0.05, 0.1) is 17.7 Å². The van der Waals surface area contributed by atoms with Gasteiger partial charge in [0.15, 0.2) is 0 Å². The molecule has 0 atom stereocenters. The van der Waals surface area contributed by atoms with Crippen molar-refractivity contribution in [2.75, 3.05) is 26.7 Å². The average Bonchev–Trinajstić information content (AvgIpc) is 3.28. The van der Waals surface area contributed by atoms with Gasteiger partial charge in [-0.15, -0.1) is 0 Å². The molecule has 1 aromatic heterocycles. The molecule has 2 aromatic carbocycles. The van der Waals surface area contributed by atoms with E-state index in [0.717, 1.165) is 11.3 Å². The third kappa shape index (κ3) is 5.54. The molecule has 0 radical (unpaired) electrons. The van der Waals surface area contributed by atoms with Crippen molar-refractivity contribution in [3.8, 4) is 17.2 Å². The second-order valence-corrected chi connectivity index (χ2v) is 8.79. The Morgan fingerprint density at radius 2 is 1.72 bits per heavy atom. The van der Waals surface area contributed by atoms with Crippen LogP contribution in [-0.2, 0) is 16.4 Å². The van der Waals surface area contributed by atoms with Gasteiger partial charge in [-0.05, 0) is 62.4 Å². The zero-order valence-corrected chi connectivity index (χ0v) is 19.2. The fraction of sp³-hybridized carbons (Fsp3) is 0.304. The lowest BCUT2D eigenvalue weighted by Crippen LogP contribution is -2.30. The molecule has 0 unspecified atom stereocenters. The van der Waals surface area contributed by atoms with Gasteiger partial charge < -0.3 is 14.1 Å². The number of nitrogens with zero attached hydrogens (tertiary/aromatic N) is 2. The molecule has 0 saturated carbocycles. The number of oxazole rings is 1. The first kappa shape index (κ1) is 23.5. The quantitative estimate of drug-likeness (QED) is 0.501. The SMILES string of the molecule is CCN(CC)C(=O)c1ccc(S(=O)(=O)NCCc2coc(-c3ccc(OC)cc3)n2)cc1. The molecule has 0 aliphatic heterocycles. The summed E-state index contributed by atoms with van der Waals surface area (Å²) in [6.45, 7) is 5.16. The van der Waals surface area contributed by atoms with Crippen molar-refractivity contribution >= 4 is 15.9 Å². The average molecular weight is 458 g/mol. The van der Waals surface area contributed by atoms with Crippen LogP contribution in [0.4, 0.5) is 0 Å². The Morgan fingerprint density at radius 3 is 2.31 bits per heavy atom. The number of methoxy groups -OCH3 is 1. The van der Waals surface area contributed by atoms with E-state index in [9.17, 15) is 13.2 Å². The number of nitrogens with one attached hydrogen (secondary N) is 1. The lowest BCUT2D eigenvalue weighted by atomic mass is 10.2. The van der Waals surface area contributed by atoms with Crippen molar-refractivity contribution in [2.45, 2.75) is 25.2 Å². The minimum atomic E-state index is -3.70. The molecule has 8 nitrogen and oxygen atoms in total. The van der Waals surface area contributed by atoms with Gasteiger partial charge in [-0.1, -0.05) is 0 Å². The Morgan fingerprint density at radius 1 is 1.06 bits per heavy atom. The lowest BCUT2D eigenvalue weighted by Gasteiger charge is -2.18. The molecule has 170 valence electrons. The summed E-state index contributed by atoms with van der Waals surface area (Å²) < 4.78 is 38.3. The molecule has 0 bridgehead atoms. The smallest absolute Gasteiger partial charge is 0.253 e. The van der Waals surface area contributed by atoms with Crippen LogP contribution in [0.3, 0.4) is 0 Å². The maximum Gasteiger partial charge on any atom is 0.253 e. The minimum absolute atomic E-state index is 0.104. The maximum absolute atomic E-state index is 12.6. The number of benzene rings is 2. The number of rotatable bonds is 10. The first-order valence-electron chi connectivity index (χ1n) is 10.4. The van der Waals surface area contributed by atoms with Crippen molar-refractivity contribution in [1.29, 1.82) is 0 Å². The Labute approximate surface area is 188 Å². The molecular weight excluding hydrogens is 430 g/mol. The van der Waals surface area contributed by atoms with E-state index < -0.39 is 10.0 Å². The monoisotopic (exact) mass is 457 g/mol. The molecule has 1 N–H and O–H groups in total. The summed E-state index contributed by atoms with van der Waals surface area (Å²) in [5.41, 5.74) is 1.90. The van der Waals surface area contributed by atoms with Gasteiger partial charge in [0, 0.05) is 37.2 Å². The Bertz CT molecular complexity index is 1140. The van der Waals surface area contributed by atoms with Crippen LogP contribution in [-0.4, -0.2) is 51.0 Å². The van der Waals surface area contributed by atoms with E-state index in [1.165, 1.54) is 30.5 Å². The second kappa shape index (κ2) is 10.4. The van der Waals surface area contributed by atoms with E-state index >= 15 is 0 Å². The van der Waals surface area contributed by atoms with Crippen LogP contribution in [0, 0.1) is 0 Å². The van der Waals surface area contributed by atoms with Crippen LogP contribution >= 0.6 is 0 Å². The topological polar surface area (TPSA) is 102 Å². The molecule has 0 aliphatic rings. The van der Waals surface area contributed by atoms with E-state index in [-0.39, 0.29) is 17.3 Å². The first-order chi connectivity index (χ1) is 15.4. The number of carbonyl (C=O) groups is 1. The van der Waals surface area contributed by atoms with Crippen molar-refractivity contribution in [3.63, 3.8) is 0 Å². The number of hydrogen-bond donors (Lipinski definition) is 1. The highest BCUT2D eigenvalue weighted by Gasteiger charge is 2.17. The number of carbonyl (C=O) groups excluding carboxylic acids is 1. The van der Waals surface area contributed by atoms with E-state index in [2.05, 4.69) is 9.71 Å². The van der Waals surface area contributed by atoms with Crippen LogP contribution in [0.1, 0.15) is 29.9 Å². The fourth-order valence-corrected chi connectivity index (χ4v) is 4.19. The highest BCUT2D eigenvalue weighted by Crippen LogP contribution is 2.22. The maximum atomic E-state index is 12.6. The van der Waals surface area contributed by atoms with Crippen molar-refractivity contribution in [1.82, 2.24) is 14.6 Å². The second-order valence-electron chi connectivity index (χ2n) is 7.02. The van der Waals surface area contributed by atoms with E-state index in [4.69, 9.17) is 9.15 Å². The minimum Gasteiger partial charge on any atom is -0.497 e. The summed E-state index contributed by atoms with van der Waals surface area (Å²) in [5.74, 6) is 1.07. The van der Waals surface area contributed by atoms with Gasteiger partial charge in [0.2, 0.25) is 15.9 Å². The number of amides is 1. The summed E-state index contributed by atoms with van der Waals surface area (Å²) in [6.07, 6.45) is 1.89. The van der Waals surface area contributed by atoms with E-state index in [1.807, 2.05) is 38.1 Å². The van der Waals surface area contributed by atoms with Gasteiger partial charge in [0.25, 0.3) is 5.91 Å². The normalized spacial score (nSPS) is 11.3.